The van der Waals surface area contributed by atoms with Crippen LogP contribution < -0.4 is 10.6 Å². The summed E-state index contributed by atoms with van der Waals surface area (Å²) in [6, 6.07) is 6.56. The predicted molar refractivity (Wildman–Crippen MR) is 117 cm³/mol. The van der Waals surface area contributed by atoms with E-state index < -0.39 is 11.8 Å². The molecular weight excluding hydrogens is 415 g/mol. The van der Waals surface area contributed by atoms with Crippen molar-refractivity contribution < 1.29 is 18.8 Å². The molecule has 0 unspecified atom stereocenters. The zero-order valence-corrected chi connectivity index (χ0v) is 18.0. The van der Waals surface area contributed by atoms with Crippen molar-refractivity contribution in [3.8, 4) is 0 Å². The van der Waals surface area contributed by atoms with E-state index in [2.05, 4.69) is 15.7 Å². The number of hydrogen-bond acceptors (Lipinski definition) is 4. The number of aromatic nitrogens is 2. The second-order valence-corrected chi connectivity index (χ2v) is 8.18. The van der Waals surface area contributed by atoms with E-state index in [0.29, 0.717) is 50.4 Å². The van der Waals surface area contributed by atoms with E-state index in [0.717, 1.165) is 6.42 Å². The van der Waals surface area contributed by atoms with Crippen LogP contribution in [0.15, 0.2) is 36.5 Å². The standard InChI is InChI=1S/C22H27FN6O3/c1-15(30)28-11-3-6-19(28)21(31)27-12-8-18(9-13-27)29-20(7-10-24-29)26-22(32)25-17-5-2-4-16(23)14-17/h2,4-5,7,10,14,18-19H,3,6,8-9,11-13H2,1H3,(H2,25,26,32)/t19-/m0/s1. The Balaban J connectivity index is 1.34. The summed E-state index contributed by atoms with van der Waals surface area (Å²) in [5, 5.41) is 9.71. The fraction of sp³-hybridized carbons (Fsp3) is 0.455. The van der Waals surface area contributed by atoms with Gasteiger partial charge < -0.3 is 15.1 Å². The van der Waals surface area contributed by atoms with Gasteiger partial charge >= 0.3 is 6.03 Å². The van der Waals surface area contributed by atoms with E-state index in [9.17, 15) is 18.8 Å². The smallest absolute Gasteiger partial charge is 0.324 e. The number of halogens is 1. The summed E-state index contributed by atoms with van der Waals surface area (Å²) < 4.78 is 15.1. The summed E-state index contributed by atoms with van der Waals surface area (Å²) in [7, 11) is 0. The molecule has 0 aliphatic carbocycles. The topological polar surface area (TPSA) is 99.6 Å². The SMILES string of the molecule is CC(=O)N1CCC[C@H]1C(=O)N1CCC(n2nccc2NC(=O)Nc2cccc(F)c2)CC1. The number of piperidine rings is 1. The minimum absolute atomic E-state index is 0.0180. The number of anilines is 2. The monoisotopic (exact) mass is 442 g/mol. The maximum atomic E-state index is 13.3. The molecule has 2 fully saturated rings. The molecule has 3 heterocycles. The summed E-state index contributed by atoms with van der Waals surface area (Å²) in [4.78, 5) is 40.6. The first-order chi connectivity index (χ1) is 15.4. The summed E-state index contributed by atoms with van der Waals surface area (Å²) >= 11 is 0. The summed E-state index contributed by atoms with van der Waals surface area (Å²) in [6.07, 6.45) is 4.57. The highest BCUT2D eigenvalue weighted by molar-refractivity contribution is 5.99. The highest BCUT2D eigenvalue weighted by Crippen LogP contribution is 2.28. The molecule has 0 bridgehead atoms. The molecule has 170 valence electrons. The molecule has 9 nitrogen and oxygen atoms in total. The van der Waals surface area contributed by atoms with Crippen molar-refractivity contribution in [1.29, 1.82) is 0 Å². The predicted octanol–water partition coefficient (Wildman–Crippen LogP) is 2.84. The first-order valence-electron chi connectivity index (χ1n) is 10.9. The van der Waals surface area contributed by atoms with Crippen molar-refractivity contribution in [2.45, 2.75) is 44.7 Å². The minimum atomic E-state index is -0.490. The Labute approximate surface area is 185 Å². The lowest BCUT2D eigenvalue weighted by atomic mass is 10.0. The lowest BCUT2D eigenvalue weighted by molar-refractivity contribution is -0.143. The van der Waals surface area contributed by atoms with Crippen molar-refractivity contribution in [3.63, 3.8) is 0 Å². The number of benzene rings is 1. The van der Waals surface area contributed by atoms with Crippen molar-refractivity contribution in [2.24, 2.45) is 0 Å². The molecule has 0 saturated carbocycles. The third kappa shape index (κ3) is 4.74. The maximum absolute atomic E-state index is 13.3. The first kappa shape index (κ1) is 21.8. The number of amides is 4. The minimum Gasteiger partial charge on any atom is -0.341 e. The molecule has 10 heteroatoms. The molecule has 1 aromatic carbocycles. The number of carbonyl (C=O) groups is 3. The van der Waals surface area contributed by atoms with Gasteiger partial charge in [-0.05, 0) is 43.9 Å². The van der Waals surface area contributed by atoms with Gasteiger partial charge in [-0.25, -0.2) is 13.9 Å². The maximum Gasteiger partial charge on any atom is 0.324 e. The Morgan fingerprint density at radius 2 is 1.84 bits per heavy atom. The van der Waals surface area contributed by atoms with Gasteiger partial charge in [0.15, 0.2) is 0 Å². The van der Waals surface area contributed by atoms with Gasteiger partial charge in [0.05, 0.1) is 12.2 Å². The van der Waals surface area contributed by atoms with Crippen LogP contribution in [0, 0.1) is 5.82 Å². The van der Waals surface area contributed by atoms with E-state index in [-0.39, 0.29) is 23.9 Å². The molecule has 2 aliphatic heterocycles. The van der Waals surface area contributed by atoms with Crippen molar-refractivity contribution in [2.75, 3.05) is 30.3 Å². The molecule has 2 aromatic rings. The van der Waals surface area contributed by atoms with Crippen LogP contribution in [0.3, 0.4) is 0 Å². The van der Waals surface area contributed by atoms with E-state index >= 15 is 0 Å². The van der Waals surface area contributed by atoms with Crippen LogP contribution in [-0.2, 0) is 9.59 Å². The molecule has 2 aliphatic rings. The van der Waals surface area contributed by atoms with Crippen LogP contribution >= 0.6 is 0 Å². The molecular formula is C22H27FN6O3. The average molecular weight is 442 g/mol. The van der Waals surface area contributed by atoms with Crippen molar-refractivity contribution >= 4 is 29.4 Å². The Hall–Kier alpha value is -3.43. The first-order valence-corrected chi connectivity index (χ1v) is 10.9. The number of hydrogen-bond donors (Lipinski definition) is 2. The van der Waals surface area contributed by atoms with Gasteiger partial charge in [-0.1, -0.05) is 6.07 Å². The highest BCUT2D eigenvalue weighted by Gasteiger charge is 2.36. The van der Waals surface area contributed by atoms with Gasteiger partial charge in [-0.15, -0.1) is 0 Å². The van der Waals surface area contributed by atoms with Gasteiger partial charge in [-0.2, -0.15) is 5.10 Å². The molecule has 1 aromatic heterocycles. The van der Waals surface area contributed by atoms with Gasteiger partial charge in [0.25, 0.3) is 0 Å². The molecule has 2 saturated heterocycles. The summed E-state index contributed by atoms with van der Waals surface area (Å²) in [5.41, 5.74) is 0.354. The summed E-state index contributed by atoms with van der Waals surface area (Å²) in [6.45, 7) is 3.29. The molecule has 4 amide bonds. The second-order valence-electron chi connectivity index (χ2n) is 8.18. The molecule has 0 radical (unpaired) electrons. The fourth-order valence-electron chi connectivity index (χ4n) is 4.49. The Bertz CT molecular complexity index is 1000. The van der Waals surface area contributed by atoms with E-state index in [1.165, 1.54) is 25.1 Å². The number of nitrogens with zero attached hydrogens (tertiary/aromatic N) is 4. The van der Waals surface area contributed by atoms with Crippen molar-refractivity contribution in [1.82, 2.24) is 19.6 Å². The molecule has 32 heavy (non-hydrogen) atoms. The largest absolute Gasteiger partial charge is 0.341 e. The third-order valence-corrected chi connectivity index (χ3v) is 6.06. The lowest BCUT2D eigenvalue weighted by Crippen LogP contribution is -2.49. The molecule has 0 spiro atoms. The van der Waals surface area contributed by atoms with Crippen LogP contribution in [0.5, 0.6) is 0 Å². The Morgan fingerprint density at radius 1 is 1.06 bits per heavy atom. The number of rotatable bonds is 4. The quantitative estimate of drug-likeness (QED) is 0.761. The zero-order valence-electron chi connectivity index (χ0n) is 18.0. The second kappa shape index (κ2) is 9.37. The zero-order chi connectivity index (χ0) is 22.7. The average Bonchev–Trinajstić information content (AvgIpc) is 3.43. The van der Waals surface area contributed by atoms with E-state index in [1.54, 1.807) is 27.9 Å². The number of urea groups is 1. The fourth-order valence-corrected chi connectivity index (χ4v) is 4.49. The van der Waals surface area contributed by atoms with Gasteiger partial charge in [0, 0.05) is 38.3 Å². The van der Waals surface area contributed by atoms with Gasteiger partial charge in [0.2, 0.25) is 11.8 Å². The normalized spacial score (nSPS) is 19.1. The Kier molecular flexibility index (Phi) is 6.38. The van der Waals surface area contributed by atoms with E-state index in [1.807, 2.05) is 4.90 Å². The van der Waals surface area contributed by atoms with Crippen LogP contribution in [0.4, 0.5) is 20.7 Å². The van der Waals surface area contributed by atoms with Gasteiger partial charge in [-0.3, -0.25) is 14.9 Å². The molecule has 4 rings (SSSR count). The highest BCUT2D eigenvalue weighted by atomic mass is 19.1. The summed E-state index contributed by atoms with van der Waals surface area (Å²) in [5.74, 6) is 0.0596. The molecule has 1 atom stereocenters. The Morgan fingerprint density at radius 3 is 2.56 bits per heavy atom. The van der Waals surface area contributed by atoms with Crippen molar-refractivity contribution in [3.05, 3.63) is 42.3 Å². The molecule has 2 N–H and O–H groups in total. The van der Waals surface area contributed by atoms with Crippen LogP contribution in [-0.4, -0.2) is 63.1 Å². The van der Waals surface area contributed by atoms with E-state index in [4.69, 9.17) is 0 Å². The number of likely N-dealkylation sites (tertiary alicyclic amines) is 2. The number of nitrogens with one attached hydrogen (secondary N) is 2. The number of carbonyl (C=O) groups excluding carboxylic acids is 3. The van der Waals surface area contributed by atoms with Crippen LogP contribution in [0.25, 0.3) is 0 Å². The lowest BCUT2D eigenvalue weighted by Gasteiger charge is -2.35. The van der Waals surface area contributed by atoms with Gasteiger partial charge in [0.1, 0.15) is 17.7 Å². The third-order valence-electron chi connectivity index (χ3n) is 6.06. The van der Waals surface area contributed by atoms with Crippen LogP contribution in [0.1, 0.15) is 38.6 Å². The van der Waals surface area contributed by atoms with Crippen LogP contribution in [0.2, 0.25) is 0 Å².